The Morgan fingerprint density at radius 3 is 2.82 bits per heavy atom. The van der Waals surface area contributed by atoms with Crippen molar-refractivity contribution < 1.29 is 14.4 Å². The molecule has 17 heavy (non-hydrogen) atoms. The molecule has 1 rings (SSSR count). The Kier molecular flexibility index (Phi) is 4.28. The van der Waals surface area contributed by atoms with E-state index in [4.69, 9.17) is 10.6 Å². The zero-order valence-electron chi connectivity index (χ0n) is 10.0. The van der Waals surface area contributed by atoms with E-state index in [1.807, 2.05) is 0 Å². The molecule has 6 nitrogen and oxygen atoms in total. The van der Waals surface area contributed by atoms with Crippen molar-refractivity contribution in [3.05, 3.63) is 24.4 Å². The van der Waals surface area contributed by atoms with Gasteiger partial charge >= 0.3 is 6.03 Å². The number of carbonyl (C=O) groups is 2. The summed E-state index contributed by atoms with van der Waals surface area (Å²) in [5.41, 5.74) is 5.80. The summed E-state index contributed by atoms with van der Waals surface area (Å²) in [5.74, 6) is -0.553. The molecule has 1 aliphatic rings. The molecule has 0 fully saturated rings. The van der Waals surface area contributed by atoms with Crippen LogP contribution in [0.4, 0.5) is 4.79 Å². The van der Waals surface area contributed by atoms with Crippen molar-refractivity contribution in [2.24, 2.45) is 5.73 Å². The molecule has 0 spiro atoms. The average Bonchev–Trinajstić information content (AvgIpc) is 2.28. The summed E-state index contributed by atoms with van der Waals surface area (Å²) in [6.07, 6.45) is 3.15. The lowest BCUT2D eigenvalue weighted by atomic mass is 10.1. The molecule has 0 saturated carbocycles. The molecule has 6 heteroatoms. The van der Waals surface area contributed by atoms with Gasteiger partial charge in [0.05, 0.1) is 6.61 Å². The zero-order chi connectivity index (χ0) is 13.0. The topological polar surface area (TPSA) is 75.9 Å². The number of primary amides is 1. The highest BCUT2D eigenvalue weighted by Crippen LogP contribution is 2.19. The number of hydrogen-bond donors (Lipinski definition) is 1. The minimum Gasteiger partial charge on any atom is -0.368 e. The summed E-state index contributed by atoms with van der Waals surface area (Å²) in [6.45, 7) is 7.56. The van der Waals surface area contributed by atoms with Gasteiger partial charge < -0.3 is 10.6 Å². The Balaban J connectivity index is 2.98. The van der Waals surface area contributed by atoms with Gasteiger partial charge in [0.2, 0.25) is 5.91 Å². The van der Waals surface area contributed by atoms with Crippen molar-refractivity contribution in [1.29, 1.82) is 0 Å². The third kappa shape index (κ3) is 2.65. The monoisotopic (exact) mass is 239 g/mol. The van der Waals surface area contributed by atoms with E-state index >= 15 is 0 Å². The molecular weight excluding hydrogens is 222 g/mol. The lowest BCUT2D eigenvalue weighted by Gasteiger charge is -2.36. The highest BCUT2D eigenvalue weighted by molar-refractivity contribution is 5.89. The van der Waals surface area contributed by atoms with Crippen molar-refractivity contribution in [3.63, 3.8) is 0 Å². The Hall–Kier alpha value is -1.82. The van der Waals surface area contributed by atoms with Crippen LogP contribution in [-0.2, 0) is 9.63 Å². The molecule has 0 unspecified atom stereocenters. The third-order valence-corrected chi connectivity index (χ3v) is 2.43. The van der Waals surface area contributed by atoms with Gasteiger partial charge in [0.1, 0.15) is 6.04 Å². The van der Waals surface area contributed by atoms with E-state index in [1.54, 1.807) is 19.9 Å². The Bertz CT molecular complexity index is 365. The van der Waals surface area contributed by atoms with Gasteiger partial charge in [0.15, 0.2) is 0 Å². The van der Waals surface area contributed by atoms with E-state index in [2.05, 4.69) is 6.58 Å². The van der Waals surface area contributed by atoms with Crippen LogP contribution in [0.3, 0.4) is 0 Å². The minimum absolute atomic E-state index is 0.218. The molecular formula is C11H17N3O3. The quantitative estimate of drug-likeness (QED) is 0.714. The third-order valence-electron chi connectivity index (χ3n) is 2.43. The predicted octanol–water partition coefficient (Wildman–Crippen LogP) is 0.619. The molecule has 94 valence electrons. The number of hydrogen-bond acceptors (Lipinski definition) is 3. The van der Waals surface area contributed by atoms with Gasteiger partial charge in [-0.15, -0.1) is 6.58 Å². The average molecular weight is 239 g/mol. The molecule has 0 bridgehead atoms. The largest absolute Gasteiger partial charge is 0.368 e. The van der Waals surface area contributed by atoms with Gasteiger partial charge in [-0.2, -0.15) is 5.06 Å². The van der Waals surface area contributed by atoms with Crippen LogP contribution in [0.2, 0.25) is 0 Å². The van der Waals surface area contributed by atoms with Crippen molar-refractivity contribution >= 4 is 11.9 Å². The van der Waals surface area contributed by atoms with Crippen LogP contribution in [0.5, 0.6) is 0 Å². The number of urea groups is 1. The molecule has 2 N–H and O–H groups in total. The summed E-state index contributed by atoms with van der Waals surface area (Å²) < 4.78 is 0. The first-order valence-corrected chi connectivity index (χ1v) is 5.35. The minimum atomic E-state index is -0.712. The highest BCUT2D eigenvalue weighted by Gasteiger charge is 2.35. The first-order chi connectivity index (χ1) is 8.02. The number of carbonyl (C=O) groups excluding carboxylic acids is 2. The summed E-state index contributed by atoms with van der Waals surface area (Å²) in [5, 5.41) is 1.14. The molecule has 0 aromatic rings. The van der Waals surface area contributed by atoms with E-state index in [1.165, 1.54) is 11.0 Å². The van der Waals surface area contributed by atoms with Crippen LogP contribution in [0.1, 0.15) is 13.8 Å². The molecule has 0 aromatic heterocycles. The molecule has 0 radical (unpaired) electrons. The molecule has 3 amide bonds. The smallest absolute Gasteiger partial charge is 0.349 e. The fourth-order valence-electron chi connectivity index (χ4n) is 1.62. The number of likely N-dealkylation sites (N-methyl/N-ethyl adjacent to an activating group) is 1. The van der Waals surface area contributed by atoms with Crippen LogP contribution in [0, 0.1) is 0 Å². The summed E-state index contributed by atoms with van der Waals surface area (Å²) in [7, 11) is 0. The van der Waals surface area contributed by atoms with Crippen LogP contribution in [-0.4, -0.2) is 41.1 Å². The molecule has 1 aliphatic heterocycles. The summed E-state index contributed by atoms with van der Waals surface area (Å²) >= 11 is 0. The van der Waals surface area contributed by atoms with Gasteiger partial charge in [-0.05, 0) is 19.9 Å². The standard InChI is InChI=1S/C11H17N3O3/c1-4-6-17-14-8(3)7-9(10(12)15)13(5-2)11(14)16/h4,7,9H,1,5-6H2,2-3H3,(H2,12,15)/t9-/m0/s1. The van der Waals surface area contributed by atoms with E-state index < -0.39 is 18.0 Å². The number of rotatable bonds is 5. The number of nitrogens with two attached hydrogens (primary N) is 1. The second-order valence-electron chi connectivity index (χ2n) is 3.60. The van der Waals surface area contributed by atoms with Crippen molar-refractivity contribution in [2.45, 2.75) is 19.9 Å². The van der Waals surface area contributed by atoms with E-state index in [0.29, 0.717) is 12.2 Å². The van der Waals surface area contributed by atoms with Gasteiger partial charge in [0, 0.05) is 12.2 Å². The highest BCUT2D eigenvalue weighted by atomic mass is 16.7. The number of amides is 3. The number of nitrogens with zero attached hydrogens (tertiary/aromatic N) is 2. The van der Waals surface area contributed by atoms with Crippen LogP contribution < -0.4 is 5.73 Å². The maximum Gasteiger partial charge on any atom is 0.349 e. The first kappa shape index (κ1) is 13.2. The zero-order valence-corrected chi connectivity index (χ0v) is 10.0. The predicted molar refractivity (Wildman–Crippen MR) is 62.5 cm³/mol. The molecule has 0 saturated heterocycles. The van der Waals surface area contributed by atoms with E-state index in [9.17, 15) is 9.59 Å². The van der Waals surface area contributed by atoms with Crippen LogP contribution in [0.15, 0.2) is 24.4 Å². The first-order valence-electron chi connectivity index (χ1n) is 5.35. The fraction of sp³-hybridized carbons (Fsp3) is 0.455. The molecule has 1 heterocycles. The maximum absolute atomic E-state index is 12.0. The van der Waals surface area contributed by atoms with Gasteiger partial charge in [0.25, 0.3) is 0 Å². The maximum atomic E-state index is 12.0. The van der Waals surface area contributed by atoms with Gasteiger partial charge in [-0.3, -0.25) is 9.63 Å². The van der Waals surface area contributed by atoms with Crippen molar-refractivity contribution in [1.82, 2.24) is 9.96 Å². The second kappa shape index (κ2) is 5.49. The Morgan fingerprint density at radius 1 is 1.71 bits per heavy atom. The fourth-order valence-corrected chi connectivity index (χ4v) is 1.62. The number of hydroxylamine groups is 2. The summed E-state index contributed by atoms with van der Waals surface area (Å²) in [4.78, 5) is 29.8. The number of allylic oxidation sites excluding steroid dienone is 1. The van der Waals surface area contributed by atoms with Crippen LogP contribution in [0.25, 0.3) is 0 Å². The second-order valence-corrected chi connectivity index (χ2v) is 3.60. The van der Waals surface area contributed by atoms with Gasteiger partial charge in [-0.25, -0.2) is 4.79 Å². The lowest BCUT2D eigenvalue weighted by Crippen LogP contribution is -2.55. The summed E-state index contributed by atoms with van der Waals surface area (Å²) in [6, 6.07) is -1.10. The van der Waals surface area contributed by atoms with Gasteiger partial charge in [-0.1, -0.05) is 6.08 Å². The molecule has 1 atom stereocenters. The lowest BCUT2D eigenvalue weighted by molar-refractivity contribution is -0.125. The Labute approximate surface area is 100 Å². The van der Waals surface area contributed by atoms with Crippen LogP contribution >= 0.6 is 0 Å². The normalized spacial score (nSPS) is 20.2. The molecule has 0 aliphatic carbocycles. The SMILES string of the molecule is C=CCON1C(=O)N(CC)[C@H](C(N)=O)C=C1C. The Morgan fingerprint density at radius 2 is 2.35 bits per heavy atom. The molecule has 0 aromatic carbocycles. The van der Waals surface area contributed by atoms with Crippen molar-refractivity contribution in [2.75, 3.05) is 13.2 Å². The van der Waals surface area contributed by atoms with E-state index in [-0.39, 0.29) is 6.61 Å². The van der Waals surface area contributed by atoms with E-state index in [0.717, 1.165) is 5.06 Å². The van der Waals surface area contributed by atoms with Crippen molar-refractivity contribution in [3.8, 4) is 0 Å².